The third-order valence-corrected chi connectivity index (χ3v) is 5.39. The fraction of sp³-hybridized carbons (Fsp3) is 0.524. The molecule has 1 heterocycles. The van der Waals surface area contributed by atoms with Crippen molar-refractivity contribution in [3.05, 3.63) is 39.8 Å². The molecule has 0 fully saturated rings. The quantitative estimate of drug-likeness (QED) is 0.272. The van der Waals surface area contributed by atoms with Gasteiger partial charge in [-0.05, 0) is 31.0 Å². The van der Waals surface area contributed by atoms with Gasteiger partial charge >= 0.3 is 0 Å². The zero-order valence-corrected chi connectivity index (χ0v) is 21.1. The van der Waals surface area contributed by atoms with Crippen LogP contribution in [0.2, 0.25) is 0 Å². The standard InChI is InChI=1S/C21H32N4O2S.HI/c1-6-22-21(24-12-10-17-14-28-20(25-17)15(2)3)23-11-9-16-7-8-18(26-4)19(13-16)27-5;/h7-8,13-15H,6,9-12H2,1-5H3,(H2,22,23,24);1H. The Labute approximate surface area is 195 Å². The number of benzene rings is 1. The summed E-state index contributed by atoms with van der Waals surface area (Å²) in [6.07, 6.45) is 1.73. The predicted octanol–water partition coefficient (Wildman–Crippen LogP) is 4.24. The van der Waals surface area contributed by atoms with Crippen LogP contribution in [0.5, 0.6) is 11.5 Å². The summed E-state index contributed by atoms with van der Waals surface area (Å²) in [6.45, 7) is 8.75. The monoisotopic (exact) mass is 532 g/mol. The van der Waals surface area contributed by atoms with E-state index in [4.69, 9.17) is 9.47 Å². The van der Waals surface area contributed by atoms with Crippen LogP contribution in [0.3, 0.4) is 0 Å². The summed E-state index contributed by atoms with van der Waals surface area (Å²) >= 11 is 1.73. The maximum Gasteiger partial charge on any atom is 0.191 e. The summed E-state index contributed by atoms with van der Waals surface area (Å²) in [5, 5.41) is 10.0. The number of hydrogen-bond donors (Lipinski definition) is 2. The Hall–Kier alpha value is -1.55. The molecule has 2 aromatic rings. The number of methoxy groups -OCH3 is 2. The van der Waals surface area contributed by atoms with Crippen molar-refractivity contribution >= 4 is 41.3 Å². The largest absolute Gasteiger partial charge is 0.493 e. The summed E-state index contributed by atoms with van der Waals surface area (Å²) in [7, 11) is 3.30. The van der Waals surface area contributed by atoms with Gasteiger partial charge in [-0.25, -0.2) is 4.98 Å². The van der Waals surface area contributed by atoms with Crippen LogP contribution in [0.1, 0.15) is 43.0 Å². The van der Waals surface area contributed by atoms with Gasteiger partial charge in [0.2, 0.25) is 0 Å². The molecule has 0 aliphatic carbocycles. The molecule has 2 N–H and O–H groups in total. The summed E-state index contributed by atoms with van der Waals surface area (Å²) in [5.74, 6) is 2.82. The summed E-state index contributed by atoms with van der Waals surface area (Å²) < 4.78 is 10.7. The average Bonchev–Trinajstić information content (AvgIpc) is 3.17. The Balaban J connectivity index is 0.00000420. The van der Waals surface area contributed by atoms with Crippen molar-refractivity contribution in [2.75, 3.05) is 33.9 Å². The van der Waals surface area contributed by atoms with E-state index in [-0.39, 0.29) is 24.0 Å². The molecule has 0 aliphatic heterocycles. The molecule has 2 rings (SSSR count). The highest BCUT2D eigenvalue weighted by atomic mass is 127. The van der Waals surface area contributed by atoms with Crippen LogP contribution in [-0.4, -0.2) is 44.8 Å². The van der Waals surface area contributed by atoms with E-state index in [0.29, 0.717) is 12.5 Å². The van der Waals surface area contributed by atoms with Gasteiger partial charge in [-0.15, -0.1) is 35.3 Å². The highest BCUT2D eigenvalue weighted by Crippen LogP contribution is 2.27. The zero-order chi connectivity index (χ0) is 20.4. The van der Waals surface area contributed by atoms with E-state index in [0.717, 1.165) is 49.1 Å². The second-order valence-corrected chi connectivity index (χ2v) is 7.60. The van der Waals surface area contributed by atoms with Crippen molar-refractivity contribution < 1.29 is 9.47 Å². The molecule has 29 heavy (non-hydrogen) atoms. The average molecular weight is 532 g/mol. The van der Waals surface area contributed by atoms with Crippen LogP contribution < -0.4 is 20.1 Å². The smallest absolute Gasteiger partial charge is 0.191 e. The minimum atomic E-state index is 0. The molecule has 0 aliphatic rings. The Morgan fingerprint density at radius 1 is 1.14 bits per heavy atom. The van der Waals surface area contributed by atoms with E-state index in [9.17, 15) is 0 Å². The Bertz CT molecular complexity index is 765. The molecule has 0 bridgehead atoms. The number of ether oxygens (including phenoxy) is 2. The lowest BCUT2D eigenvalue weighted by Gasteiger charge is -2.12. The van der Waals surface area contributed by atoms with Gasteiger partial charge in [0.1, 0.15) is 0 Å². The van der Waals surface area contributed by atoms with E-state index in [1.54, 1.807) is 25.6 Å². The summed E-state index contributed by atoms with van der Waals surface area (Å²) in [6, 6.07) is 6.01. The van der Waals surface area contributed by atoms with Gasteiger partial charge in [-0.1, -0.05) is 19.9 Å². The predicted molar refractivity (Wildman–Crippen MR) is 133 cm³/mol. The first-order valence-electron chi connectivity index (χ1n) is 9.74. The molecule has 1 aromatic carbocycles. The van der Waals surface area contributed by atoms with Crippen molar-refractivity contribution in [3.8, 4) is 11.5 Å². The number of halogens is 1. The Morgan fingerprint density at radius 3 is 2.52 bits per heavy atom. The van der Waals surface area contributed by atoms with Crippen molar-refractivity contribution in [1.82, 2.24) is 15.6 Å². The molecule has 0 saturated heterocycles. The SMILES string of the molecule is CCNC(=NCCc1csc(C(C)C)n1)NCCc1ccc(OC)c(OC)c1.I. The van der Waals surface area contributed by atoms with Crippen molar-refractivity contribution in [2.45, 2.75) is 39.5 Å². The molecule has 0 radical (unpaired) electrons. The van der Waals surface area contributed by atoms with Gasteiger partial charge in [0.25, 0.3) is 0 Å². The van der Waals surface area contributed by atoms with Gasteiger partial charge in [0.05, 0.1) is 24.9 Å². The number of nitrogens with zero attached hydrogens (tertiary/aromatic N) is 2. The van der Waals surface area contributed by atoms with Gasteiger partial charge in [-0.3, -0.25) is 4.99 Å². The molecule has 0 spiro atoms. The zero-order valence-electron chi connectivity index (χ0n) is 17.9. The molecular formula is C21H33IN4O2S. The minimum Gasteiger partial charge on any atom is -0.493 e. The van der Waals surface area contributed by atoms with Gasteiger partial charge < -0.3 is 20.1 Å². The number of guanidine groups is 1. The van der Waals surface area contributed by atoms with Gasteiger partial charge in [0.15, 0.2) is 17.5 Å². The number of hydrogen-bond acceptors (Lipinski definition) is 5. The van der Waals surface area contributed by atoms with E-state index in [1.807, 2.05) is 12.1 Å². The fourth-order valence-electron chi connectivity index (χ4n) is 2.69. The van der Waals surface area contributed by atoms with Gasteiger partial charge in [-0.2, -0.15) is 0 Å². The summed E-state index contributed by atoms with van der Waals surface area (Å²) in [5.41, 5.74) is 2.31. The first kappa shape index (κ1) is 25.5. The molecule has 0 amide bonds. The molecule has 162 valence electrons. The number of rotatable bonds is 10. The second-order valence-electron chi connectivity index (χ2n) is 6.71. The highest BCUT2D eigenvalue weighted by molar-refractivity contribution is 14.0. The Kier molecular flexibility index (Phi) is 12.0. The van der Waals surface area contributed by atoms with Crippen LogP contribution >= 0.6 is 35.3 Å². The summed E-state index contributed by atoms with van der Waals surface area (Å²) in [4.78, 5) is 9.34. The van der Waals surface area contributed by atoms with Crippen LogP contribution in [-0.2, 0) is 12.8 Å². The van der Waals surface area contributed by atoms with E-state index < -0.39 is 0 Å². The molecule has 8 heteroatoms. The third-order valence-electron chi connectivity index (χ3n) is 4.20. The molecule has 0 saturated carbocycles. The van der Waals surface area contributed by atoms with Crippen LogP contribution in [0.4, 0.5) is 0 Å². The van der Waals surface area contributed by atoms with Crippen molar-refractivity contribution in [2.24, 2.45) is 4.99 Å². The topological polar surface area (TPSA) is 67.8 Å². The maximum absolute atomic E-state index is 5.37. The fourth-order valence-corrected chi connectivity index (χ4v) is 3.56. The molecule has 1 aromatic heterocycles. The van der Waals surface area contributed by atoms with Crippen molar-refractivity contribution in [3.63, 3.8) is 0 Å². The number of aromatic nitrogens is 1. The van der Waals surface area contributed by atoms with E-state index in [1.165, 1.54) is 10.6 Å². The number of aliphatic imine (C=N–C) groups is 1. The molecule has 6 nitrogen and oxygen atoms in total. The highest BCUT2D eigenvalue weighted by Gasteiger charge is 2.07. The normalized spacial score (nSPS) is 11.2. The number of nitrogens with one attached hydrogen (secondary N) is 2. The lowest BCUT2D eigenvalue weighted by atomic mass is 10.1. The lowest BCUT2D eigenvalue weighted by molar-refractivity contribution is 0.354. The van der Waals surface area contributed by atoms with Crippen LogP contribution in [0.25, 0.3) is 0 Å². The maximum atomic E-state index is 5.37. The first-order valence-corrected chi connectivity index (χ1v) is 10.6. The van der Waals surface area contributed by atoms with E-state index >= 15 is 0 Å². The first-order chi connectivity index (χ1) is 13.6. The van der Waals surface area contributed by atoms with E-state index in [2.05, 4.69) is 52.8 Å². The second kappa shape index (κ2) is 13.6. The number of thiazole rings is 1. The van der Waals surface area contributed by atoms with Gasteiger partial charge in [0, 0.05) is 37.4 Å². The third kappa shape index (κ3) is 8.38. The van der Waals surface area contributed by atoms with Crippen LogP contribution in [0.15, 0.2) is 28.6 Å². The molecule has 0 atom stereocenters. The minimum absolute atomic E-state index is 0. The Morgan fingerprint density at radius 2 is 1.90 bits per heavy atom. The lowest BCUT2D eigenvalue weighted by Crippen LogP contribution is -2.38. The molecular weight excluding hydrogens is 499 g/mol. The molecule has 0 unspecified atom stereocenters. The van der Waals surface area contributed by atoms with Crippen LogP contribution in [0, 0.1) is 0 Å². The van der Waals surface area contributed by atoms with Crippen molar-refractivity contribution in [1.29, 1.82) is 0 Å².